The van der Waals surface area contributed by atoms with Crippen LogP contribution >= 0.6 is 0 Å². The Hall–Kier alpha value is -1.17. The summed E-state index contributed by atoms with van der Waals surface area (Å²) in [5.41, 5.74) is 6.25. The van der Waals surface area contributed by atoms with Crippen molar-refractivity contribution < 1.29 is 14.2 Å². The van der Waals surface area contributed by atoms with Gasteiger partial charge in [-0.1, -0.05) is 12.1 Å². The standard InChI is InChI=1S/C12H17FN2O2/c13-12-9(2-1-3-11(12)14)6-15-4-5-17-8-10(15)7-16/h1-3,10,16H,4-8,14H2. The molecule has 0 aromatic heterocycles. The van der Waals surface area contributed by atoms with Gasteiger partial charge in [0.1, 0.15) is 0 Å². The van der Waals surface area contributed by atoms with E-state index < -0.39 is 0 Å². The molecule has 0 spiro atoms. The van der Waals surface area contributed by atoms with Gasteiger partial charge in [0.05, 0.1) is 31.5 Å². The molecule has 0 bridgehead atoms. The zero-order chi connectivity index (χ0) is 12.3. The topological polar surface area (TPSA) is 58.7 Å². The lowest BCUT2D eigenvalue weighted by molar-refractivity contribution is -0.0316. The number of hydrogen-bond donors (Lipinski definition) is 2. The summed E-state index contributed by atoms with van der Waals surface area (Å²) in [6, 6.07) is 4.93. The lowest BCUT2D eigenvalue weighted by atomic mass is 10.1. The first-order valence-corrected chi connectivity index (χ1v) is 5.68. The summed E-state index contributed by atoms with van der Waals surface area (Å²) in [6.07, 6.45) is 0. The van der Waals surface area contributed by atoms with Crippen molar-refractivity contribution in [3.63, 3.8) is 0 Å². The van der Waals surface area contributed by atoms with Crippen molar-refractivity contribution in [1.82, 2.24) is 4.90 Å². The van der Waals surface area contributed by atoms with E-state index >= 15 is 0 Å². The van der Waals surface area contributed by atoms with Gasteiger partial charge in [0, 0.05) is 18.7 Å². The van der Waals surface area contributed by atoms with Crippen LogP contribution in [0.15, 0.2) is 18.2 Å². The van der Waals surface area contributed by atoms with Gasteiger partial charge < -0.3 is 15.6 Å². The van der Waals surface area contributed by atoms with E-state index in [1.165, 1.54) is 0 Å². The van der Waals surface area contributed by atoms with Crippen LogP contribution in [0.4, 0.5) is 10.1 Å². The number of nitrogen functional groups attached to an aromatic ring is 1. The van der Waals surface area contributed by atoms with E-state index in [2.05, 4.69) is 0 Å². The van der Waals surface area contributed by atoms with E-state index in [1.54, 1.807) is 18.2 Å². The Morgan fingerprint density at radius 3 is 3.12 bits per heavy atom. The number of morpholine rings is 1. The van der Waals surface area contributed by atoms with Gasteiger partial charge in [-0.3, -0.25) is 4.90 Å². The third-order valence-corrected chi connectivity index (χ3v) is 3.04. The van der Waals surface area contributed by atoms with Crippen LogP contribution in [-0.4, -0.2) is 42.4 Å². The van der Waals surface area contributed by atoms with Crippen molar-refractivity contribution >= 4 is 5.69 Å². The van der Waals surface area contributed by atoms with Crippen LogP contribution in [0.2, 0.25) is 0 Å². The molecule has 0 aliphatic carbocycles. The van der Waals surface area contributed by atoms with Gasteiger partial charge in [0.2, 0.25) is 0 Å². The molecule has 0 radical (unpaired) electrons. The highest BCUT2D eigenvalue weighted by atomic mass is 19.1. The predicted octanol–water partition coefficient (Wildman–Crippen LogP) is 0.601. The van der Waals surface area contributed by atoms with Crippen molar-refractivity contribution in [2.45, 2.75) is 12.6 Å². The first-order valence-electron chi connectivity index (χ1n) is 5.68. The summed E-state index contributed by atoms with van der Waals surface area (Å²) in [5, 5.41) is 9.22. The minimum atomic E-state index is -0.365. The van der Waals surface area contributed by atoms with Gasteiger partial charge in [-0.2, -0.15) is 0 Å². The Bertz CT molecular complexity index is 387. The van der Waals surface area contributed by atoms with Gasteiger partial charge >= 0.3 is 0 Å². The highest BCUT2D eigenvalue weighted by molar-refractivity contribution is 5.42. The fourth-order valence-corrected chi connectivity index (χ4v) is 2.01. The highest BCUT2D eigenvalue weighted by Gasteiger charge is 2.23. The maximum atomic E-state index is 13.7. The highest BCUT2D eigenvalue weighted by Crippen LogP contribution is 2.18. The first kappa shape index (κ1) is 12.3. The number of benzene rings is 1. The van der Waals surface area contributed by atoms with Crippen LogP contribution in [0.1, 0.15) is 5.56 Å². The van der Waals surface area contributed by atoms with Gasteiger partial charge in [-0.15, -0.1) is 0 Å². The number of rotatable bonds is 3. The number of aliphatic hydroxyl groups is 1. The molecule has 3 N–H and O–H groups in total. The lowest BCUT2D eigenvalue weighted by Crippen LogP contribution is -2.46. The summed E-state index contributed by atoms with van der Waals surface area (Å²) in [5.74, 6) is -0.365. The first-order chi connectivity index (χ1) is 8.22. The van der Waals surface area contributed by atoms with E-state index in [0.29, 0.717) is 31.9 Å². The molecule has 1 aliphatic heterocycles. The number of anilines is 1. The number of aliphatic hydroxyl groups excluding tert-OH is 1. The lowest BCUT2D eigenvalue weighted by Gasteiger charge is -2.34. The molecule has 2 rings (SSSR count). The second-order valence-electron chi connectivity index (χ2n) is 4.20. The fraction of sp³-hybridized carbons (Fsp3) is 0.500. The number of halogens is 1. The van der Waals surface area contributed by atoms with E-state index in [1.807, 2.05) is 4.90 Å². The summed E-state index contributed by atoms with van der Waals surface area (Å²) in [4.78, 5) is 2.02. The van der Waals surface area contributed by atoms with Crippen molar-refractivity contribution in [1.29, 1.82) is 0 Å². The zero-order valence-electron chi connectivity index (χ0n) is 9.60. The smallest absolute Gasteiger partial charge is 0.150 e. The number of nitrogens with two attached hydrogens (primary N) is 1. The van der Waals surface area contributed by atoms with Crippen molar-refractivity contribution in [2.24, 2.45) is 0 Å². The quantitative estimate of drug-likeness (QED) is 0.760. The molecule has 17 heavy (non-hydrogen) atoms. The fourth-order valence-electron chi connectivity index (χ4n) is 2.01. The van der Waals surface area contributed by atoms with Gasteiger partial charge in [-0.25, -0.2) is 4.39 Å². The minimum Gasteiger partial charge on any atom is -0.396 e. The molecule has 0 amide bonds. The molecule has 1 atom stereocenters. The van der Waals surface area contributed by atoms with Gasteiger partial charge in [0.25, 0.3) is 0 Å². The Balaban J connectivity index is 2.11. The van der Waals surface area contributed by atoms with Crippen LogP contribution in [-0.2, 0) is 11.3 Å². The maximum absolute atomic E-state index is 13.7. The van der Waals surface area contributed by atoms with Crippen LogP contribution in [0.5, 0.6) is 0 Å². The van der Waals surface area contributed by atoms with E-state index in [0.717, 1.165) is 0 Å². The normalized spacial score (nSPS) is 21.6. The molecular weight excluding hydrogens is 223 g/mol. The molecule has 1 fully saturated rings. The molecule has 0 saturated carbocycles. The van der Waals surface area contributed by atoms with Gasteiger partial charge in [0.15, 0.2) is 5.82 Å². The molecule has 5 heteroatoms. The molecule has 4 nitrogen and oxygen atoms in total. The molecule has 94 valence electrons. The molecule has 1 aliphatic rings. The van der Waals surface area contributed by atoms with Crippen LogP contribution in [0.25, 0.3) is 0 Å². The van der Waals surface area contributed by atoms with E-state index in [4.69, 9.17) is 10.5 Å². The SMILES string of the molecule is Nc1cccc(CN2CCOCC2CO)c1F. The third-order valence-electron chi connectivity index (χ3n) is 3.04. The largest absolute Gasteiger partial charge is 0.396 e. The second kappa shape index (κ2) is 5.44. The molecule has 1 saturated heterocycles. The molecule has 1 aromatic carbocycles. The zero-order valence-corrected chi connectivity index (χ0v) is 9.60. The molecule has 1 unspecified atom stereocenters. The van der Waals surface area contributed by atoms with Crippen molar-refractivity contribution in [2.75, 3.05) is 32.1 Å². The molecule has 1 heterocycles. The van der Waals surface area contributed by atoms with E-state index in [-0.39, 0.29) is 24.2 Å². The summed E-state index contributed by atoms with van der Waals surface area (Å²) in [7, 11) is 0. The predicted molar refractivity (Wildman–Crippen MR) is 62.9 cm³/mol. The summed E-state index contributed by atoms with van der Waals surface area (Å²) in [6.45, 7) is 2.26. The van der Waals surface area contributed by atoms with Crippen LogP contribution in [0, 0.1) is 5.82 Å². The number of hydrogen-bond acceptors (Lipinski definition) is 4. The van der Waals surface area contributed by atoms with Gasteiger partial charge in [-0.05, 0) is 6.07 Å². The Morgan fingerprint density at radius 2 is 2.35 bits per heavy atom. The van der Waals surface area contributed by atoms with Crippen LogP contribution in [0.3, 0.4) is 0 Å². The van der Waals surface area contributed by atoms with E-state index in [9.17, 15) is 9.50 Å². The van der Waals surface area contributed by atoms with Crippen LogP contribution < -0.4 is 5.73 Å². The van der Waals surface area contributed by atoms with Crippen molar-refractivity contribution in [3.8, 4) is 0 Å². The maximum Gasteiger partial charge on any atom is 0.150 e. The number of ether oxygens (including phenoxy) is 1. The average molecular weight is 240 g/mol. The minimum absolute atomic E-state index is 0.0178. The summed E-state index contributed by atoms with van der Waals surface area (Å²) < 4.78 is 19.0. The molecular formula is C12H17FN2O2. The molecule has 1 aromatic rings. The Kier molecular flexibility index (Phi) is 3.93. The Morgan fingerprint density at radius 1 is 1.53 bits per heavy atom. The third kappa shape index (κ3) is 2.74. The second-order valence-corrected chi connectivity index (χ2v) is 4.20. The monoisotopic (exact) mass is 240 g/mol. The van der Waals surface area contributed by atoms with Crippen molar-refractivity contribution in [3.05, 3.63) is 29.6 Å². The average Bonchev–Trinajstić information content (AvgIpc) is 2.35. The summed E-state index contributed by atoms with van der Waals surface area (Å²) >= 11 is 0. The Labute approximate surface area is 99.8 Å². The number of nitrogens with zero attached hydrogens (tertiary/aromatic N) is 1.